The van der Waals surface area contributed by atoms with Gasteiger partial charge in [0.2, 0.25) is 0 Å². The van der Waals surface area contributed by atoms with E-state index in [2.05, 4.69) is 29.5 Å². The van der Waals surface area contributed by atoms with Gasteiger partial charge in [0.25, 0.3) is 0 Å². The molecule has 1 aromatic rings. The van der Waals surface area contributed by atoms with E-state index in [1.807, 2.05) is 12.1 Å². The molecule has 0 atom stereocenters. The lowest BCUT2D eigenvalue weighted by molar-refractivity contribution is 0.698. The molecule has 0 heterocycles. The van der Waals surface area contributed by atoms with Crippen molar-refractivity contribution < 1.29 is 0 Å². The molecule has 0 aliphatic heterocycles. The maximum Gasteiger partial charge on any atom is 0.191 e. The summed E-state index contributed by atoms with van der Waals surface area (Å²) in [6.07, 6.45) is 0.846. The van der Waals surface area contributed by atoms with Crippen molar-refractivity contribution in [2.45, 2.75) is 26.3 Å². The van der Waals surface area contributed by atoms with Gasteiger partial charge in [-0.05, 0) is 44.0 Å². The molecule has 0 aliphatic carbocycles. The van der Waals surface area contributed by atoms with Crippen molar-refractivity contribution in [1.82, 2.24) is 10.6 Å². The summed E-state index contributed by atoms with van der Waals surface area (Å²) < 4.78 is 0. The molecule has 0 saturated carbocycles. The van der Waals surface area contributed by atoms with Gasteiger partial charge in [-0.3, -0.25) is 4.99 Å². The molecule has 0 amide bonds. The number of rotatable bonds is 4. The van der Waals surface area contributed by atoms with E-state index >= 15 is 0 Å². The molecular weight excluding hydrogens is 396 g/mol. The van der Waals surface area contributed by atoms with Crippen LogP contribution in [0.4, 0.5) is 0 Å². The molecule has 108 valence electrons. The van der Waals surface area contributed by atoms with E-state index < -0.39 is 0 Å². The second-order valence-corrected chi connectivity index (χ2v) is 5.20. The van der Waals surface area contributed by atoms with E-state index in [9.17, 15) is 0 Å². The molecule has 1 rings (SSSR count). The number of hydrogen-bond donors (Lipinski definition) is 2. The summed E-state index contributed by atoms with van der Waals surface area (Å²) in [4.78, 5) is 4.14. The third-order valence-electron chi connectivity index (χ3n) is 2.28. The number of guanidine groups is 1. The van der Waals surface area contributed by atoms with E-state index in [0.717, 1.165) is 24.5 Å². The average molecular weight is 416 g/mol. The molecule has 0 radical (unpaired) electrons. The van der Waals surface area contributed by atoms with Crippen LogP contribution in [0.2, 0.25) is 10.0 Å². The third-order valence-corrected chi connectivity index (χ3v) is 2.71. The molecule has 2 N–H and O–H groups in total. The first-order valence-electron chi connectivity index (χ1n) is 5.93. The number of halogens is 3. The van der Waals surface area contributed by atoms with Crippen molar-refractivity contribution in [2.75, 3.05) is 13.6 Å². The molecule has 0 aromatic heterocycles. The van der Waals surface area contributed by atoms with Gasteiger partial charge in [-0.15, -0.1) is 24.0 Å². The van der Waals surface area contributed by atoms with Gasteiger partial charge >= 0.3 is 0 Å². The summed E-state index contributed by atoms with van der Waals surface area (Å²) in [5.41, 5.74) is 1.11. The highest BCUT2D eigenvalue weighted by Gasteiger charge is 2.01. The molecule has 0 aliphatic rings. The van der Waals surface area contributed by atoms with Gasteiger partial charge in [-0.2, -0.15) is 0 Å². The fourth-order valence-electron chi connectivity index (χ4n) is 1.55. The quantitative estimate of drug-likeness (QED) is 0.446. The van der Waals surface area contributed by atoms with Crippen LogP contribution in [0.25, 0.3) is 0 Å². The number of nitrogens with one attached hydrogen (secondary N) is 2. The molecule has 3 nitrogen and oxygen atoms in total. The zero-order valence-corrected chi connectivity index (χ0v) is 15.2. The predicted octanol–water partition coefficient (Wildman–Crippen LogP) is 3.73. The lowest BCUT2D eigenvalue weighted by Crippen LogP contribution is -2.41. The Bertz CT molecular complexity index is 402. The van der Waals surface area contributed by atoms with Crippen LogP contribution in [0, 0.1) is 0 Å². The van der Waals surface area contributed by atoms with Crippen LogP contribution >= 0.6 is 47.2 Å². The Labute approximate surface area is 142 Å². The van der Waals surface area contributed by atoms with Gasteiger partial charge in [0, 0.05) is 29.7 Å². The van der Waals surface area contributed by atoms with Crippen molar-refractivity contribution in [3.8, 4) is 0 Å². The molecule has 0 unspecified atom stereocenters. The molecule has 6 heteroatoms. The van der Waals surface area contributed by atoms with Gasteiger partial charge in [-0.1, -0.05) is 23.2 Å². The Balaban J connectivity index is 0.00000324. The van der Waals surface area contributed by atoms with Crippen LogP contribution in [0.3, 0.4) is 0 Å². The van der Waals surface area contributed by atoms with Crippen molar-refractivity contribution in [1.29, 1.82) is 0 Å². The van der Waals surface area contributed by atoms with Crippen LogP contribution in [0.1, 0.15) is 19.4 Å². The van der Waals surface area contributed by atoms with Gasteiger partial charge in [0.05, 0.1) is 0 Å². The molecule has 1 aromatic carbocycles. The van der Waals surface area contributed by atoms with Crippen molar-refractivity contribution >= 4 is 53.1 Å². The molecule has 0 saturated heterocycles. The lowest BCUT2D eigenvalue weighted by Gasteiger charge is -2.14. The molecule has 0 fully saturated rings. The van der Waals surface area contributed by atoms with Crippen LogP contribution in [-0.4, -0.2) is 25.6 Å². The smallest absolute Gasteiger partial charge is 0.191 e. The minimum absolute atomic E-state index is 0. The normalized spacial score (nSPS) is 11.2. The summed E-state index contributed by atoms with van der Waals surface area (Å²) in [6, 6.07) is 5.94. The molecular formula is C13H20Cl2IN3. The fourth-order valence-corrected chi connectivity index (χ4v) is 2.12. The highest BCUT2D eigenvalue weighted by atomic mass is 127. The second-order valence-electron chi connectivity index (χ2n) is 4.33. The van der Waals surface area contributed by atoms with E-state index in [-0.39, 0.29) is 24.0 Å². The van der Waals surface area contributed by atoms with E-state index in [4.69, 9.17) is 23.2 Å². The minimum atomic E-state index is 0. The Hall–Kier alpha value is -0.200. The van der Waals surface area contributed by atoms with Crippen LogP contribution in [0.5, 0.6) is 0 Å². The SMILES string of the molecule is CN=C(NCCc1cc(Cl)cc(Cl)c1)NC(C)C.I. The van der Waals surface area contributed by atoms with Gasteiger partial charge in [-0.25, -0.2) is 0 Å². The van der Waals surface area contributed by atoms with Crippen LogP contribution in [-0.2, 0) is 6.42 Å². The van der Waals surface area contributed by atoms with Crippen molar-refractivity contribution in [2.24, 2.45) is 4.99 Å². The largest absolute Gasteiger partial charge is 0.356 e. The van der Waals surface area contributed by atoms with Gasteiger partial charge in [0.1, 0.15) is 0 Å². The molecule has 19 heavy (non-hydrogen) atoms. The number of benzene rings is 1. The average Bonchev–Trinajstić information content (AvgIpc) is 2.25. The van der Waals surface area contributed by atoms with Gasteiger partial charge in [0.15, 0.2) is 5.96 Å². The summed E-state index contributed by atoms with van der Waals surface area (Å²) in [5.74, 6) is 0.804. The summed E-state index contributed by atoms with van der Waals surface area (Å²) >= 11 is 11.9. The summed E-state index contributed by atoms with van der Waals surface area (Å²) in [6.45, 7) is 4.93. The fraction of sp³-hybridized carbons (Fsp3) is 0.462. The van der Waals surface area contributed by atoms with Crippen LogP contribution < -0.4 is 10.6 Å². The molecule has 0 spiro atoms. The lowest BCUT2D eigenvalue weighted by atomic mass is 10.1. The maximum absolute atomic E-state index is 5.95. The van der Waals surface area contributed by atoms with E-state index in [1.54, 1.807) is 13.1 Å². The first-order valence-corrected chi connectivity index (χ1v) is 6.69. The first-order chi connectivity index (χ1) is 8.51. The first kappa shape index (κ1) is 18.8. The van der Waals surface area contributed by atoms with Gasteiger partial charge < -0.3 is 10.6 Å². The standard InChI is InChI=1S/C13H19Cl2N3.HI/c1-9(2)18-13(16-3)17-5-4-10-6-11(14)8-12(15)7-10;/h6-9H,4-5H2,1-3H3,(H2,16,17,18);1H. The van der Waals surface area contributed by atoms with Crippen molar-refractivity contribution in [3.63, 3.8) is 0 Å². The number of nitrogens with zero attached hydrogens (tertiary/aromatic N) is 1. The number of aliphatic imine (C=N–C) groups is 1. The zero-order chi connectivity index (χ0) is 13.5. The topological polar surface area (TPSA) is 36.4 Å². The second kappa shape index (κ2) is 9.66. The monoisotopic (exact) mass is 415 g/mol. The Morgan fingerprint density at radius 1 is 1.21 bits per heavy atom. The highest BCUT2D eigenvalue weighted by molar-refractivity contribution is 14.0. The summed E-state index contributed by atoms with van der Waals surface area (Å²) in [5, 5.41) is 7.80. The predicted molar refractivity (Wildman–Crippen MR) is 95.2 cm³/mol. The Morgan fingerprint density at radius 3 is 2.26 bits per heavy atom. The third kappa shape index (κ3) is 7.84. The molecule has 0 bridgehead atoms. The van der Waals surface area contributed by atoms with E-state index in [1.165, 1.54) is 0 Å². The Kier molecular flexibility index (Phi) is 9.56. The number of hydrogen-bond acceptors (Lipinski definition) is 1. The maximum atomic E-state index is 5.95. The minimum Gasteiger partial charge on any atom is -0.356 e. The Morgan fingerprint density at radius 2 is 1.79 bits per heavy atom. The van der Waals surface area contributed by atoms with Crippen molar-refractivity contribution in [3.05, 3.63) is 33.8 Å². The summed E-state index contributed by atoms with van der Waals surface area (Å²) in [7, 11) is 1.76. The van der Waals surface area contributed by atoms with Crippen LogP contribution in [0.15, 0.2) is 23.2 Å². The van der Waals surface area contributed by atoms with E-state index in [0.29, 0.717) is 16.1 Å². The highest BCUT2D eigenvalue weighted by Crippen LogP contribution is 2.19. The zero-order valence-electron chi connectivity index (χ0n) is 11.3.